The van der Waals surface area contributed by atoms with Crippen molar-refractivity contribution in [3.8, 4) is 0 Å². The highest BCUT2D eigenvalue weighted by atomic mass is 16.2. The number of carbonyl (C=O) groups excluding carboxylic acids is 1. The van der Waals surface area contributed by atoms with E-state index in [0.717, 1.165) is 43.7 Å². The van der Waals surface area contributed by atoms with Gasteiger partial charge >= 0.3 is 0 Å². The van der Waals surface area contributed by atoms with Crippen molar-refractivity contribution in [2.24, 2.45) is 0 Å². The third-order valence-electron chi connectivity index (χ3n) is 5.39. The highest BCUT2D eigenvalue weighted by Gasteiger charge is 2.51. The number of nitrogens with two attached hydrogens (primary N) is 1. The van der Waals surface area contributed by atoms with Crippen LogP contribution in [0.5, 0.6) is 0 Å². The molecule has 5 heteroatoms. The minimum atomic E-state index is -0.416. The number of hydrogen-bond acceptors (Lipinski definition) is 4. The Morgan fingerprint density at radius 1 is 1.25 bits per heavy atom. The van der Waals surface area contributed by atoms with E-state index < -0.39 is 5.41 Å². The molecule has 124 valence electrons. The molecular formula is C19H22N4O. The summed E-state index contributed by atoms with van der Waals surface area (Å²) in [5.74, 6) is 0.792. The lowest BCUT2D eigenvalue weighted by Crippen LogP contribution is -2.51. The molecular weight excluding hydrogens is 300 g/mol. The van der Waals surface area contributed by atoms with Crippen molar-refractivity contribution in [1.29, 1.82) is 0 Å². The molecule has 24 heavy (non-hydrogen) atoms. The molecule has 2 aliphatic rings. The number of nitrogens with zero attached hydrogens (tertiary/aromatic N) is 3. The highest BCUT2D eigenvalue weighted by Crippen LogP contribution is 2.46. The Kier molecular flexibility index (Phi) is 3.53. The number of piperidine rings is 1. The lowest BCUT2D eigenvalue weighted by atomic mass is 9.75. The topological polar surface area (TPSA) is 62.5 Å². The van der Waals surface area contributed by atoms with Gasteiger partial charge in [0.1, 0.15) is 5.82 Å². The van der Waals surface area contributed by atoms with E-state index in [1.54, 1.807) is 6.20 Å². The average molecular weight is 322 g/mol. The van der Waals surface area contributed by atoms with Gasteiger partial charge in [-0.25, -0.2) is 4.98 Å². The standard InChI is InChI=1S/C19H22N4O/c1-22-16-8-3-2-7-15(16)19(18(22)24)9-5-11-23(13-19)12-14-6-4-10-21-17(14)20/h2-4,6-8,10H,5,9,11-13H2,1H3,(H2,20,21)/t19-/m0/s1. The molecule has 1 aromatic heterocycles. The maximum Gasteiger partial charge on any atom is 0.238 e. The van der Waals surface area contributed by atoms with Crippen LogP contribution in [0.3, 0.4) is 0 Å². The summed E-state index contributed by atoms with van der Waals surface area (Å²) in [6, 6.07) is 12.1. The summed E-state index contributed by atoms with van der Waals surface area (Å²) >= 11 is 0. The number of rotatable bonds is 2. The number of hydrogen-bond donors (Lipinski definition) is 1. The van der Waals surface area contributed by atoms with Gasteiger partial charge in [0.2, 0.25) is 5.91 Å². The third-order valence-corrected chi connectivity index (χ3v) is 5.39. The van der Waals surface area contributed by atoms with Crippen LogP contribution in [0.1, 0.15) is 24.0 Å². The Morgan fingerprint density at radius 3 is 2.92 bits per heavy atom. The van der Waals surface area contributed by atoms with Crippen molar-refractivity contribution in [3.63, 3.8) is 0 Å². The van der Waals surface area contributed by atoms with Gasteiger partial charge in [0.05, 0.1) is 5.41 Å². The Morgan fingerprint density at radius 2 is 2.08 bits per heavy atom. The maximum absolute atomic E-state index is 13.1. The van der Waals surface area contributed by atoms with E-state index in [0.29, 0.717) is 5.82 Å². The Hall–Kier alpha value is -2.40. The van der Waals surface area contributed by atoms with Crippen molar-refractivity contribution in [2.45, 2.75) is 24.8 Å². The smallest absolute Gasteiger partial charge is 0.238 e. The normalized spacial score (nSPS) is 23.7. The Labute approximate surface area is 142 Å². The quantitative estimate of drug-likeness (QED) is 0.920. The fourth-order valence-electron chi connectivity index (χ4n) is 4.22. The maximum atomic E-state index is 13.1. The van der Waals surface area contributed by atoms with Gasteiger partial charge < -0.3 is 10.6 Å². The molecule has 1 spiro atoms. The van der Waals surface area contributed by atoms with Gasteiger partial charge in [0.25, 0.3) is 0 Å². The number of aromatic nitrogens is 1. The van der Waals surface area contributed by atoms with E-state index >= 15 is 0 Å². The molecule has 1 saturated heterocycles. The Balaban J connectivity index is 1.65. The summed E-state index contributed by atoms with van der Waals surface area (Å²) in [6.07, 6.45) is 3.63. The van der Waals surface area contributed by atoms with Crippen molar-refractivity contribution in [3.05, 3.63) is 53.7 Å². The zero-order chi connectivity index (χ0) is 16.7. The molecule has 5 nitrogen and oxygen atoms in total. The molecule has 3 heterocycles. The number of fused-ring (bicyclic) bond motifs is 2. The van der Waals surface area contributed by atoms with E-state index in [1.165, 1.54) is 5.56 Å². The van der Waals surface area contributed by atoms with Gasteiger partial charge in [-0.1, -0.05) is 24.3 Å². The first-order valence-corrected chi connectivity index (χ1v) is 8.41. The molecule has 0 saturated carbocycles. The first kappa shape index (κ1) is 15.1. The predicted molar refractivity (Wildman–Crippen MR) is 94.7 cm³/mol. The molecule has 4 rings (SSSR count). The number of pyridine rings is 1. The number of anilines is 2. The monoisotopic (exact) mass is 322 g/mol. The van der Waals surface area contributed by atoms with Crippen molar-refractivity contribution in [1.82, 2.24) is 9.88 Å². The van der Waals surface area contributed by atoms with Crippen LogP contribution in [0.15, 0.2) is 42.6 Å². The molecule has 1 atom stereocenters. The first-order valence-electron chi connectivity index (χ1n) is 8.41. The van der Waals surface area contributed by atoms with Crippen LogP contribution in [-0.2, 0) is 16.8 Å². The van der Waals surface area contributed by atoms with Gasteiger partial charge in [-0.3, -0.25) is 9.69 Å². The van der Waals surface area contributed by atoms with E-state index in [-0.39, 0.29) is 5.91 Å². The number of nitrogen functional groups attached to an aromatic ring is 1. The summed E-state index contributed by atoms with van der Waals surface area (Å²) in [5, 5.41) is 0. The molecule has 2 aromatic rings. The summed E-state index contributed by atoms with van der Waals surface area (Å²) in [6.45, 7) is 2.46. The van der Waals surface area contributed by atoms with Crippen LogP contribution in [0, 0.1) is 0 Å². The Bertz CT molecular complexity index is 790. The largest absolute Gasteiger partial charge is 0.383 e. The van der Waals surface area contributed by atoms with E-state index in [2.05, 4.69) is 16.0 Å². The molecule has 2 N–H and O–H groups in total. The minimum absolute atomic E-state index is 0.215. The molecule has 2 aliphatic heterocycles. The highest BCUT2D eigenvalue weighted by molar-refractivity contribution is 6.08. The van der Waals surface area contributed by atoms with Gasteiger partial charge in [-0.2, -0.15) is 0 Å². The first-order chi connectivity index (χ1) is 11.6. The van der Waals surface area contributed by atoms with Gasteiger partial charge in [-0.15, -0.1) is 0 Å². The molecule has 1 aromatic carbocycles. The van der Waals surface area contributed by atoms with E-state index in [9.17, 15) is 4.79 Å². The molecule has 0 radical (unpaired) electrons. The number of para-hydroxylation sites is 1. The molecule has 0 unspecified atom stereocenters. The second kappa shape index (κ2) is 5.60. The van der Waals surface area contributed by atoms with E-state index in [1.807, 2.05) is 42.3 Å². The number of likely N-dealkylation sites (tertiary alicyclic amines) is 1. The average Bonchev–Trinajstić information content (AvgIpc) is 2.80. The number of benzene rings is 1. The molecule has 1 amide bonds. The number of carbonyl (C=O) groups is 1. The van der Waals surface area contributed by atoms with Gasteiger partial charge in [0.15, 0.2) is 0 Å². The number of likely N-dealkylation sites (N-methyl/N-ethyl adjacent to an activating group) is 1. The molecule has 1 fully saturated rings. The van der Waals surface area contributed by atoms with Crippen LogP contribution in [0.25, 0.3) is 0 Å². The van der Waals surface area contributed by atoms with E-state index in [4.69, 9.17) is 5.73 Å². The van der Waals surface area contributed by atoms with Crippen LogP contribution in [0.4, 0.5) is 11.5 Å². The fourth-order valence-corrected chi connectivity index (χ4v) is 4.22. The van der Waals surface area contributed by atoms with Crippen LogP contribution >= 0.6 is 0 Å². The summed E-state index contributed by atoms with van der Waals surface area (Å²) in [4.78, 5) is 21.4. The third kappa shape index (κ3) is 2.19. The van der Waals surface area contributed by atoms with Crippen molar-refractivity contribution < 1.29 is 4.79 Å². The van der Waals surface area contributed by atoms with Gasteiger partial charge in [0, 0.05) is 37.6 Å². The molecule has 0 aliphatic carbocycles. The second-order valence-corrected chi connectivity index (χ2v) is 6.83. The zero-order valence-electron chi connectivity index (χ0n) is 13.9. The lowest BCUT2D eigenvalue weighted by Gasteiger charge is -2.39. The fraction of sp³-hybridized carbons (Fsp3) is 0.368. The van der Waals surface area contributed by atoms with Gasteiger partial charge in [-0.05, 0) is 37.1 Å². The minimum Gasteiger partial charge on any atom is -0.383 e. The SMILES string of the molecule is CN1C(=O)[C@]2(CCCN(Cc3cccnc3N)C2)c2ccccc21. The predicted octanol–water partition coefficient (Wildman–Crippen LogP) is 2.17. The zero-order valence-corrected chi connectivity index (χ0v) is 13.9. The van der Waals surface area contributed by atoms with Crippen molar-refractivity contribution in [2.75, 3.05) is 30.8 Å². The summed E-state index contributed by atoms with van der Waals surface area (Å²) in [5.41, 5.74) is 8.82. The summed E-state index contributed by atoms with van der Waals surface area (Å²) < 4.78 is 0. The lowest BCUT2D eigenvalue weighted by molar-refractivity contribution is -0.125. The summed E-state index contributed by atoms with van der Waals surface area (Å²) in [7, 11) is 1.88. The molecule has 0 bridgehead atoms. The van der Waals surface area contributed by atoms with Crippen LogP contribution in [0.2, 0.25) is 0 Å². The number of amides is 1. The van der Waals surface area contributed by atoms with Crippen molar-refractivity contribution >= 4 is 17.4 Å². The van der Waals surface area contributed by atoms with Crippen LogP contribution in [-0.4, -0.2) is 35.9 Å². The second-order valence-electron chi connectivity index (χ2n) is 6.83. The van der Waals surface area contributed by atoms with Crippen LogP contribution < -0.4 is 10.6 Å².